The molecule has 0 N–H and O–H groups in total. The lowest BCUT2D eigenvalue weighted by Gasteiger charge is -2.12. The Balaban J connectivity index is 3.50. The average Bonchev–Trinajstić information content (AvgIpc) is 1.89. The molecule has 0 saturated heterocycles. The van der Waals surface area contributed by atoms with Crippen LogP contribution in [0.2, 0.25) is 0 Å². The van der Waals surface area contributed by atoms with Crippen LogP contribution in [0.1, 0.15) is 13.8 Å². The smallest absolute Gasteiger partial charge is 0.0542 e. The molecule has 0 heterocycles. The first kappa shape index (κ1) is 9.99. The number of rotatable bonds is 5. The molecule has 0 aromatic rings. The third kappa shape index (κ3) is 3.91. The zero-order valence-electron chi connectivity index (χ0n) is 6.69. The normalized spacial score (nSPS) is 13.1. The van der Waals surface area contributed by atoms with Crippen molar-refractivity contribution in [1.82, 2.24) is 0 Å². The van der Waals surface area contributed by atoms with Crippen LogP contribution in [0.15, 0.2) is 12.2 Å². The zero-order valence-corrected chi connectivity index (χ0v) is 7.45. The summed E-state index contributed by atoms with van der Waals surface area (Å²) in [4.78, 5) is 0. The van der Waals surface area contributed by atoms with Crippen molar-refractivity contribution in [3.05, 3.63) is 12.2 Å². The first-order valence-corrected chi connectivity index (χ1v) is 4.04. The Morgan fingerprint density at radius 1 is 1.70 bits per heavy atom. The fraction of sp³-hybridized carbons (Fsp3) is 0.750. The second kappa shape index (κ2) is 5.75. The molecule has 0 aromatic heterocycles. The Morgan fingerprint density at radius 2 is 2.30 bits per heavy atom. The standard InChI is InChI=1S/C8H15ClO/c1-4-10-6-8(5-9)7(2)3/h8H,2,4-6H2,1,3H3. The highest BCUT2D eigenvalue weighted by Crippen LogP contribution is 2.10. The Labute approximate surface area is 68.0 Å². The number of halogens is 1. The summed E-state index contributed by atoms with van der Waals surface area (Å²) in [6.07, 6.45) is 0. The molecular weight excluding hydrogens is 148 g/mol. The quantitative estimate of drug-likeness (QED) is 0.446. The molecule has 2 heteroatoms. The van der Waals surface area contributed by atoms with Crippen molar-refractivity contribution in [2.75, 3.05) is 19.1 Å². The summed E-state index contributed by atoms with van der Waals surface area (Å²) >= 11 is 5.66. The largest absolute Gasteiger partial charge is 0.381 e. The summed E-state index contributed by atoms with van der Waals surface area (Å²) < 4.78 is 5.20. The molecule has 1 unspecified atom stereocenters. The van der Waals surface area contributed by atoms with Crippen molar-refractivity contribution in [2.24, 2.45) is 5.92 Å². The van der Waals surface area contributed by atoms with E-state index in [1.807, 2.05) is 13.8 Å². The van der Waals surface area contributed by atoms with E-state index >= 15 is 0 Å². The van der Waals surface area contributed by atoms with Gasteiger partial charge in [-0.05, 0) is 13.8 Å². The van der Waals surface area contributed by atoms with Gasteiger partial charge in [0.15, 0.2) is 0 Å². The lowest BCUT2D eigenvalue weighted by Crippen LogP contribution is -2.11. The summed E-state index contributed by atoms with van der Waals surface area (Å²) in [5.74, 6) is 0.927. The van der Waals surface area contributed by atoms with Crippen LogP contribution in [0.25, 0.3) is 0 Å². The van der Waals surface area contributed by atoms with Gasteiger partial charge in [0, 0.05) is 18.4 Å². The fourth-order valence-electron chi connectivity index (χ4n) is 0.579. The lowest BCUT2D eigenvalue weighted by molar-refractivity contribution is 0.127. The molecule has 0 amide bonds. The van der Waals surface area contributed by atoms with Crippen LogP contribution in [0, 0.1) is 5.92 Å². The van der Waals surface area contributed by atoms with E-state index in [-0.39, 0.29) is 0 Å². The average molecular weight is 163 g/mol. The molecule has 1 nitrogen and oxygen atoms in total. The topological polar surface area (TPSA) is 9.23 Å². The van der Waals surface area contributed by atoms with Crippen LogP contribution in [0.4, 0.5) is 0 Å². The van der Waals surface area contributed by atoms with Crippen LogP contribution in [0.3, 0.4) is 0 Å². The van der Waals surface area contributed by atoms with E-state index in [0.717, 1.165) is 12.2 Å². The lowest BCUT2D eigenvalue weighted by atomic mass is 10.1. The monoisotopic (exact) mass is 162 g/mol. The molecule has 0 spiro atoms. The van der Waals surface area contributed by atoms with E-state index in [0.29, 0.717) is 18.4 Å². The van der Waals surface area contributed by atoms with Gasteiger partial charge in [-0.2, -0.15) is 0 Å². The summed E-state index contributed by atoms with van der Waals surface area (Å²) in [6, 6.07) is 0. The third-order valence-corrected chi connectivity index (χ3v) is 1.78. The molecular formula is C8H15ClO. The summed E-state index contributed by atoms with van der Waals surface area (Å²) in [7, 11) is 0. The second-order valence-corrected chi connectivity index (χ2v) is 2.67. The molecule has 0 radical (unpaired) electrons. The number of hydrogen-bond donors (Lipinski definition) is 0. The van der Waals surface area contributed by atoms with Crippen molar-refractivity contribution in [1.29, 1.82) is 0 Å². The highest BCUT2D eigenvalue weighted by Gasteiger charge is 2.06. The predicted molar refractivity (Wildman–Crippen MR) is 45.5 cm³/mol. The molecule has 10 heavy (non-hydrogen) atoms. The predicted octanol–water partition coefficient (Wildman–Crippen LogP) is 2.45. The summed E-state index contributed by atoms with van der Waals surface area (Å²) in [6.45, 7) is 9.22. The van der Waals surface area contributed by atoms with Gasteiger partial charge < -0.3 is 4.74 Å². The number of hydrogen-bond acceptors (Lipinski definition) is 1. The molecule has 0 rings (SSSR count). The van der Waals surface area contributed by atoms with E-state index in [9.17, 15) is 0 Å². The van der Waals surface area contributed by atoms with Crippen molar-refractivity contribution in [2.45, 2.75) is 13.8 Å². The third-order valence-electron chi connectivity index (χ3n) is 1.41. The van der Waals surface area contributed by atoms with E-state index in [2.05, 4.69) is 6.58 Å². The number of ether oxygens (including phenoxy) is 1. The van der Waals surface area contributed by atoms with Crippen LogP contribution < -0.4 is 0 Å². The molecule has 0 aliphatic carbocycles. The van der Waals surface area contributed by atoms with Gasteiger partial charge in [0.2, 0.25) is 0 Å². The van der Waals surface area contributed by atoms with Crippen LogP contribution >= 0.6 is 11.6 Å². The van der Waals surface area contributed by atoms with Gasteiger partial charge in [0.1, 0.15) is 0 Å². The first-order valence-electron chi connectivity index (χ1n) is 3.51. The highest BCUT2D eigenvalue weighted by molar-refractivity contribution is 6.18. The van der Waals surface area contributed by atoms with Gasteiger partial charge in [-0.25, -0.2) is 0 Å². The molecule has 1 atom stereocenters. The van der Waals surface area contributed by atoms with E-state index in [4.69, 9.17) is 16.3 Å². The minimum absolute atomic E-state index is 0.321. The molecule has 0 bridgehead atoms. The molecule has 0 aromatic carbocycles. The molecule has 0 saturated carbocycles. The maximum atomic E-state index is 5.66. The van der Waals surface area contributed by atoms with E-state index in [1.165, 1.54) is 0 Å². The minimum atomic E-state index is 0.321. The van der Waals surface area contributed by atoms with Gasteiger partial charge in [-0.15, -0.1) is 11.6 Å². The molecule has 0 fully saturated rings. The van der Waals surface area contributed by atoms with Crippen LogP contribution in [-0.2, 0) is 4.74 Å². The van der Waals surface area contributed by atoms with Crippen molar-refractivity contribution >= 4 is 11.6 Å². The maximum Gasteiger partial charge on any atom is 0.0542 e. The Kier molecular flexibility index (Phi) is 5.74. The van der Waals surface area contributed by atoms with Crippen LogP contribution in [-0.4, -0.2) is 19.1 Å². The zero-order chi connectivity index (χ0) is 7.98. The molecule has 0 aliphatic rings. The Bertz CT molecular complexity index is 101. The maximum absolute atomic E-state index is 5.66. The highest BCUT2D eigenvalue weighted by atomic mass is 35.5. The second-order valence-electron chi connectivity index (χ2n) is 2.36. The van der Waals surface area contributed by atoms with Crippen molar-refractivity contribution in [3.8, 4) is 0 Å². The SMILES string of the molecule is C=C(C)C(CCl)COCC. The van der Waals surface area contributed by atoms with Gasteiger partial charge in [0.05, 0.1) is 6.61 Å². The van der Waals surface area contributed by atoms with Gasteiger partial charge in [-0.3, -0.25) is 0 Å². The summed E-state index contributed by atoms with van der Waals surface area (Å²) in [5, 5.41) is 0. The van der Waals surface area contributed by atoms with E-state index < -0.39 is 0 Å². The number of alkyl halides is 1. The first-order chi connectivity index (χ1) is 4.72. The summed E-state index contributed by atoms with van der Waals surface area (Å²) in [5.41, 5.74) is 1.10. The van der Waals surface area contributed by atoms with Crippen molar-refractivity contribution < 1.29 is 4.74 Å². The Hall–Kier alpha value is -0.0100. The van der Waals surface area contributed by atoms with Gasteiger partial charge in [0.25, 0.3) is 0 Å². The van der Waals surface area contributed by atoms with Gasteiger partial charge >= 0.3 is 0 Å². The fourth-order valence-corrected chi connectivity index (χ4v) is 0.931. The van der Waals surface area contributed by atoms with Crippen molar-refractivity contribution in [3.63, 3.8) is 0 Å². The minimum Gasteiger partial charge on any atom is -0.381 e. The van der Waals surface area contributed by atoms with Crippen LogP contribution in [0.5, 0.6) is 0 Å². The van der Waals surface area contributed by atoms with Gasteiger partial charge in [-0.1, -0.05) is 12.2 Å². The van der Waals surface area contributed by atoms with E-state index in [1.54, 1.807) is 0 Å². The Morgan fingerprint density at radius 3 is 2.60 bits per heavy atom. The molecule has 0 aliphatic heterocycles. The molecule has 60 valence electrons.